The third-order valence-corrected chi connectivity index (χ3v) is 5.47. The van der Waals surface area contributed by atoms with Crippen LogP contribution in [0.25, 0.3) is 10.2 Å². The number of thiazole rings is 1. The Bertz CT molecular complexity index is 1190. The van der Waals surface area contributed by atoms with Gasteiger partial charge < -0.3 is 9.30 Å². The molecule has 0 N–H and O–H groups in total. The number of hydrogen-bond donors (Lipinski definition) is 0. The number of carbonyl (C=O) groups is 1. The second kappa shape index (κ2) is 7.82. The van der Waals surface area contributed by atoms with Gasteiger partial charge in [-0.2, -0.15) is 4.99 Å². The zero-order valence-corrected chi connectivity index (χ0v) is 16.6. The first kappa shape index (κ1) is 18.2. The van der Waals surface area contributed by atoms with Crippen molar-refractivity contribution in [2.45, 2.75) is 20.4 Å². The number of amides is 1. The molecule has 0 unspecified atom stereocenters. The van der Waals surface area contributed by atoms with Crippen LogP contribution in [-0.4, -0.2) is 10.5 Å². The molecule has 0 aliphatic heterocycles. The molecule has 0 atom stereocenters. The molecule has 0 aliphatic carbocycles. The van der Waals surface area contributed by atoms with Gasteiger partial charge >= 0.3 is 0 Å². The van der Waals surface area contributed by atoms with Crippen LogP contribution in [0.1, 0.15) is 22.8 Å². The maximum Gasteiger partial charge on any atom is 0.279 e. The van der Waals surface area contributed by atoms with Gasteiger partial charge in [-0.1, -0.05) is 35.6 Å². The van der Waals surface area contributed by atoms with Crippen LogP contribution < -0.4 is 9.54 Å². The standard InChI is InChI=1S/C23H20N2O2S/c1-3-25-20-14-9-16(2)15-21(20)28-23(25)24-22(26)17-10-12-19(13-11-17)27-18-7-5-4-6-8-18/h4-15H,3H2,1-2H3. The predicted octanol–water partition coefficient (Wildman–Crippen LogP) is 5.56. The molecule has 0 radical (unpaired) electrons. The number of fused-ring (bicyclic) bond motifs is 1. The maximum absolute atomic E-state index is 12.7. The zero-order chi connectivity index (χ0) is 19.5. The lowest BCUT2D eigenvalue weighted by Gasteiger charge is -2.05. The van der Waals surface area contributed by atoms with Gasteiger partial charge in [0.1, 0.15) is 11.5 Å². The quantitative estimate of drug-likeness (QED) is 0.459. The fourth-order valence-electron chi connectivity index (χ4n) is 3.01. The lowest BCUT2D eigenvalue weighted by molar-refractivity contribution is 0.0998. The number of rotatable bonds is 4. The molecule has 4 nitrogen and oxygen atoms in total. The summed E-state index contributed by atoms with van der Waals surface area (Å²) in [6.45, 7) is 4.89. The number of ether oxygens (including phenoxy) is 1. The summed E-state index contributed by atoms with van der Waals surface area (Å²) in [6, 6.07) is 22.9. The number of carbonyl (C=O) groups excluding carboxylic acids is 1. The summed E-state index contributed by atoms with van der Waals surface area (Å²) in [5.74, 6) is 1.19. The molecule has 0 bridgehead atoms. The Morgan fingerprint density at radius 3 is 2.43 bits per heavy atom. The second-order valence-corrected chi connectivity index (χ2v) is 7.47. The smallest absolute Gasteiger partial charge is 0.279 e. The van der Waals surface area contributed by atoms with Gasteiger partial charge in [-0.15, -0.1) is 0 Å². The SMILES string of the molecule is CCn1c(=NC(=O)c2ccc(Oc3ccccc3)cc2)sc2cc(C)ccc21. The molecule has 1 aromatic heterocycles. The van der Waals surface area contributed by atoms with Crippen LogP contribution >= 0.6 is 11.3 Å². The zero-order valence-electron chi connectivity index (χ0n) is 15.8. The molecule has 4 aromatic rings. The van der Waals surface area contributed by atoms with Gasteiger partial charge in [-0.3, -0.25) is 4.79 Å². The molecular formula is C23H20N2O2S. The lowest BCUT2D eigenvalue weighted by Crippen LogP contribution is -2.15. The third-order valence-electron chi connectivity index (χ3n) is 4.43. The van der Waals surface area contributed by atoms with E-state index in [0.29, 0.717) is 11.3 Å². The molecule has 0 spiro atoms. The van der Waals surface area contributed by atoms with Gasteiger partial charge in [0.25, 0.3) is 5.91 Å². The average molecular weight is 388 g/mol. The molecule has 140 valence electrons. The summed E-state index contributed by atoms with van der Waals surface area (Å²) in [5.41, 5.74) is 2.84. The fraction of sp³-hybridized carbons (Fsp3) is 0.130. The Morgan fingerprint density at radius 1 is 1.00 bits per heavy atom. The second-order valence-electron chi connectivity index (χ2n) is 6.46. The van der Waals surface area contributed by atoms with E-state index in [1.807, 2.05) is 30.3 Å². The molecule has 4 rings (SSSR count). The van der Waals surface area contributed by atoms with Crippen LogP contribution in [-0.2, 0) is 6.54 Å². The maximum atomic E-state index is 12.7. The molecule has 0 saturated carbocycles. The van der Waals surface area contributed by atoms with E-state index < -0.39 is 0 Å². The third kappa shape index (κ3) is 3.75. The number of aromatic nitrogens is 1. The topological polar surface area (TPSA) is 43.6 Å². The monoisotopic (exact) mass is 388 g/mol. The minimum Gasteiger partial charge on any atom is -0.457 e. The van der Waals surface area contributed by atoms with E-state index in [-0.39, 0.29) is 5.91 Å². The van der Waals surface area contributed by atoms with Crippen LogP contribution in [0.3, 0.4) is 0 Å². The molecule has 28 heavy (non-hydrogen) atoms. The first-order valence-corrected chi connectivity index (χ1v) is 9.97. The van der Waals surface area contributed by atoms with Gasteiger partial charge in [0.2, 0.25) is 0 Å². The largest absolute Gasteiger partial charge is 0.457 e. The molecule has 0 saturated heterocycles. The Hall–Kier alpha value is -3.18. The van der Waals surface area contributed by atoms with Gasteiger partial charge in [0, 0.05) is 12.1 Å². The van der Waals surface area contributed by atoms with Crippen LogP contribution in [0.5, 0.6) is 11.5 Å². The van der Waals surface area contributed by atoms with Crippen LogP contribution in [0.2, 0.25) is 0 Å². The van der Waals surface area contributed by atoms with E-state index in [1.54, 1.807) is 35.6 Å². The highest BCUT2D eigenvalue weighted by atomic mass is 32.1. The van der Waals surface area contributed by atoms with E-state index >= 15 is 0 Å². The van der Waals surface area contributed by atoms with Crippen molar-refractivity contribution < 1.29 is 9.53 Å². The van der Waals surface area contributed by atoms with E-state index in [9.17, 15) is 4.79 Å². The number of nitrogens with zero attached hydrogens (tertiary/aromatic N) is 2. The molecule has 1 amide bonds. The highest BCUT2D eigenvalue weighted by Crippen LogP contribution is 2.22. The predicted molar refractivity (Wildman–Crippen MR) is 113 cm³/mol. The van der Waals surface area contributed by atoms with E-state index in [1.165, 1.54) is 5.56 Å². The summed E-state index contributed by atoms with van der Waals surface area (Å²) in [7, 11) is 0. The first-order chi connectivity index (χ1) is 13.6. The summed E-state index contributed by atoms with van der Waals surface area (Å²) in [6.07, 6.45) is 0. The average Bonchev–Trinajstić information content (AvgIpc) is 3.05. The van der Waals surface area contributed by atoms with Gasteiger partial charge in [-0.25, -0.2) is 0 Å². The summed E-state index contributed by atoms with van der Waals surface area (Å²) >= 11 is 1.54. The van der Waals surface area contributed by atoms with Crippen molar-refractivity contribution in [3.05, 3.63) is 88.7 Å². The Balaban J connectivity index is 1.62. The fourth-order valence-corrected chi connectivity index (χ4v) is 4.20. The molecule has 3 aromatic carbocycles. The normalized spacial score (nSPS) is 11.7. The molecule has 5 heteroatoms. The minimum atomic E-state index is -0.253. The van der Waals surface area contributed by atoms with Crippen LogP contribution in [0.15, 0.2) is 77.8 Å². The van der Waals surface area contributed by atoms with Crippen molar-refractivity contribution >= 4 is 27.5 Å². The molecule has 0 aliphatic rings. The van der Waals surface area contributed by atoms with Crippen molar-refractivity contribution in [2.75, 3.05) is 0 Å². The highest BCUT2D eigenvalue weighted by molar-refractivity contribution is 7.16. The molecular weight excluding hydrogens is 368 g/mol. The Kier molecular flexibility index (Phi) is 5.08. The summed E-state index contributed by atoms with van der Waals surface area (Å²) < 4.78 is 8.99. The van der Waals surface area contributed by atoms with E-state index in [4.69, 9.17) is 4.74 Å². The number of aryl methyl sites for hydroxylation is 2. The number of para-hydroxylation sites is 1. The molecule has 0 fully saturated rings. The summed E-state index contributed by atoms with van der Waals surface area (Å²) in [5, 5.41) is 0. The Morgan fingerprint density at radius 2 is 1.71 bits per heavy atom. The van der Waals surface area contributed by atoms with Crippen molar-refractivity contribution in [1.82, 2.24) is 4.57 Å². The Labute approximate surface area is 167 Å². The number of hydrogen-bond acceptors (Lipinski definition) is 3. The van der Waals surface area contributed by atoms with Gasteiger partial charge in [0.05, 0.1) is 10.2 Å². The van der Waals surface area contributed by atoms with Crippen molar-refractivity contribution in [1.29, 1.82) is 0 Å². The van der Waals surface area contributed by atoms with Crippen LogP contribution in [0.4, 0.5) is 0 Å². The van der Waals surface area contributed by atoms with Crippen molar-refractivity contribution in [3.63, 3.8) is 0 Å². The van der Waals surface area contributed by atoms with Crippen molar-refractivity contribution in [3.8, 4) is 11.5 Å². The lowest BCUT2D eigenvalue weighted by atomic mass is 10.2. The van der Waals surface area contributed by atoms with E-state index in [2.05, 4.69) is 41.6 Å². The molecule has 1 heterocycles. The first-order valence-electron chi connectivity index (χ1n) is 9.16. The summed E-state index contributed by atoms with van der Waals surface area (Å²) in [4.78, 5) is 17.8. The highest BCUT2D eigenvalue weighted by Gasteiger charge is 2.09. The minimum absolute atomic E-state index is 0.253. The number of benzene rings is 3. The van der Waals surface area contributed by atoms with Crippen LogP contribution in [0, 0.1) is 6.92 Å². The van der Waals surface area contributed by atoms with E-state index in [0.717, 1.165) is 27.3 Å². The van der Waals surface area contributed by atoms with Gasteiger partial charge in [0.15, 0.2) is 4.80 Å². The van der Waals surface area contributed by atoms with Crippen molar-refractivity contribution in [2.24, 2.45) is 4.99 Å². The van der Waals surface area contributed by atoms with Gasteiger partial charge in [-0.05, 0) is 67.9 Å².